The lowest BCUT2D eigenvalue weighted by atomic mass is 9.68. The first-order chi connectivity index (χ1) is 17.6. The van der Waals surface area contributed by atoms with Crippen molar-refractivity contribution in [1.82, 2.24) is 10.2 Å². The molecule has 2 aliphatic heterocycles. The molecule has 0 bridgehead atoms. The topological polar surface area (TPSA) is 108 Å². The van der Waals surface area contributed by atoms with Gasteiger partial charge >= 0.3 is 0 Å². The van der Waals surface area contributed by atoms with Crippen LogP contribution in [0.5, 0.6) is 5.88 Å². The van der Waals surface area contributed by atoms with Gasteiger partial charge in [0.15, 0.2) is 0 Å². The molecule has 0 aliphatic carbocycles. The molecule has 0 saturated heterocycles. The Kier molecular flexibility index (Phi) is 4.90. The van der Waals surface area contributed by atoms with Gasteiger partial charge in [-0.3, -0.25) is 9.89 Å². The van der Waals surface area contributed by atoms with E-state index in [4.69, 9.17) is 10.5 Å². The monoisotopic (exact) mass is 473 g/mol. The Morgan fingerprint density at radius 2 is 1.78 bits per heavy atom. The molecular formula is C29H23N5O2. The number of carbonyl (C=O) groups excluding carboxylic acids is 1. The first kappa shape index (κ1) is 21.7. The summed E-state index contributed by atoms with van der Waals surface area (Å²) in [5.41, 5.74) is 10.5. The number of nitrogens with one attached hydrogen (secondary N) is 1. The Morgan fingerprint density at radius 3 is 2.53 bits per heavy atom. The van der Waals surface area contributed by atoms with Gasteiger partial charge in [0.05, 0.1) is 11.3 Å². The predicted molar refractivity (Wildman–Crippen MR) is 136 cm³/mol. The second-order valence-electron chi connectivity index (χ2n) is 9.06. The molecule has 176 valence electrons. The number of nitrogens with zero attached hydrogens (tertiary/aromatic N) is 3. The fourth-order valence-electron chi connectivity index (χ4n) is 5.32. The summed E-state index contributed by atoms with van der Waals surface area (Å²) in [6.07, 6.45) is 0.664. The Hall–Kier alpha value is -4.83. The van der Waals surface area contributed by atoms with Gasteiger partial charge in [-0.1, -0.05) is 78.4 Å². The van der Waals surface area contributed by atoms with E-state index < -0.39 is 5.41 Å². The number of rotatable bonds is 4. The van der Waals surface area contributed by atoms with Crippen molar-refractivity contribution in [1.29, 1.82) is 5.26 Å². The maximum absolute atomic E-state index is 14.6. The number of hydrogen-bond donors (Lipinski definition) is 2. The average Bonchev–Trinajstić information content (AvgIpc) is 3.42. The summed E-state index contributed by atoms with van der Waals surface area (Å²) >= 11 is 0. The highest BCUT2D eigenvalue weighted by Gasteiger charge is 2.61. The van der Waals surface area contributed by atoms with Gasteiger partial charge < -0.3 is 15.4 Å². The number of fused-ring (bicyclic) bond motifs is 4. The van der Waals surface area contributed by atoms with E-state index >= 15 is 0 Å². The van der Waals surface area contributed by atoms with E-state index in [0.717, 1.165) is 22.4 Å². The molecular weight excluding hydrogens is 450 g/mol. The van der Waals surface area contributed by atoms with E-state index in [2.05, 4.69) is 16.3 Å². The summed E-state index contributed by atoms with van der Waals surface area (Å²) in [5, 5.41) is 17.7. The average molecular weight is 474 g/mol. The van der Waals surface area contributed by atoms with Crippen LogP contribution in [0.3, 0.4) is 0 Å². The van der Waals surface area contributed by atoms with Gasteiger partial charge in [0.1, 0.15) is 17.1 Å². The van der Waals surface area contributed by atoms with Crippen LogP contribution < -0.4 is 15.4 Å². The first-order valence-electron chi connectivity index (χ1n) is 11.7. The minimum Gasteiger partial charge on any atom is -0.420 e. The molecule has 1 aromatic heterocycles. The number of aromatic amines is 1. The molecule has 3 aromatic carbocycles. The molecule has 0 saturated carbocycles. The predicted octanol–water partition coefficient (Wildman–Crippen LogP) is 4.35. The number of para-hydroxylation sites is 1. The number of amides is 1. The van der Waals surface area contributed by atoms with Crippen molar-refractivity contribution in [3.05, 3.63) is 113 Å². The van der Waals surface area contributed by atoms with Gasteiger partial charge in [-0.25, -0.2) is 0 Å². The van der Waals surface area contributed by atoms with Gasteiger partial charge in [-0.2, -0.15) is 5.26 Å². The molecule has 4 aromatic rings. The van der Waals surface area contributed by atoms with Gasteiger partial charge in [0, 0.05) is 23.4 Å². The van der Waals surface area contributed by atoms with Crippen LogP contribution in [0.1, 0.15) is 22.3 Å². The van der Waals surface area contributed by atoms with E-state index in [1.807, 2.05) is 85.8 Å². The summed E-state index contributed by atoms with van der Waals surface area (Å²) in [5.74, 6) is -0.145. The van der Waals surface area contributed by atoms with Gasteiger partial charge in [-0.05, 0) is 25.0 Å². The lowest BCUT2D eigenvalue weighted by Gasteiger charge is -2.33. The van der Waals surface area contributed by atoms with Crippen molar-refractivity contribution in [3.63, 3.8) is 0 Å². The molecule has 1 spiro atoms. The molecule has 2 aliphatic rings. The van der Waals surface area contributed by atoms with Gasteiger partial charge in [0.2, 0.25) is 17.7 Å². The third-order valence-electron chi connectivity index (χ3n) is 7.02. The Balaban J connectivity index is 1.58. The smallest absolute Gasteiger partial charge is 0.247 e. The standard InChI is InChI=1S/C29H23N5O2/c1-18-11-13-20(14-12-18)25-24-27(33-32-25)36-26(31)22(17-30)29(24)21-9-5-6-10-23(21)34(28(29)35)16-15-19-7-3-2-4-8-19/h2-14H,15-16,31H2,1H3,(H,32,33)/t29-/m0/s1. The van der Waals surface area contributed by atoms with E-state index in [1.54, 1.807) is 4.90 Å². The molecule has 3 N–H and O–H groups in total. The number of hydrogen-bond acceptors (Lipinski definition) is 5. The van der Waals surface area contributed by atoms with Gasteiger partial charge in [-0.15, -0.1) is 5.10 Å². The zero-order chi connectivity index (χ0) is 24.9. The SMILES string of the molecule is Cc1ccc(-c2[nH]nc3c2[C@@]2(C(=O)N(CCc4ccccc4)c4ccccc42)C(C#N)=C(N)O3)cc1. The molecule has 1 amide bonds. The largest absolute Gasteiger partial charge is 0.420 e. The lowest BCUT2D eigenvalue weighted by Crippen LogP contribution is -2.46. The number of benzene rings is 3. The van der Waals surface area contributed by atoms with Crippen LogP contribution in [0.2, 0.25) is 0 Å². The summed E-state index contributed by atoms with van der Waals surface area (Å²) in [6.45, 7) is 2.46. The maximum atomic E-state index is 14.6. The number of nitriles is 1. The van der Waals surface area contributed by atoms with Crippen LogP contribution in [0.4, 0.5) is 5.69 Å². The Bertz CT molecular complexity index is 1560. The van der Waals surface area contributed by atoms with Crippen molar-refractivity contribution < 1.29 is 9.53 Å². The molecule has 0 unspecified atom stereocenters. The molecule has 3 heterocycles. The molecule has 0 fully saturated rings. The highest BCUT2D eigenvalue weighted by atomic mass is 16.5. The van der Waals surface area contributed by atoms with E-state index in [0.29, 0.717) is 29.8 Å². The highest BCUT2D eigenvalue weighted by Crippen LogP contribution is 2.56. The van der Waals surface area contributed by atoms with Crippen LogP contribution in [-0.2, 0) is 16.6 Å². The van der Waals surface area contributed by atoms with Crippen LogP contribution >= 0.6 is 0 Å². The fraction of sp³-hybridized carbons (Fsp3) is 0.138. The quantitative estimate of drug-likeness (QED) is 0.458. The Labute approximate surface area is 208 Å². The maximum Gasteiger partial charge on any atom is 0.247 e. The number of aryl methyl sites for hydroxylation is 1. The molecule has 7 heteroatoms. The summed E-state index contributed by atoms with van der Waals surface area (Å²) in [4.78, 5) is 16.3. The summed E-state index contributed by atoms with van der Waals surface area (Å²) in [6, 6.07) is 27.7. The fourth-order valence-corrected chi connectivity index (χ4v) is 5.32. The number of anilines is 1. The number of nitrogens with two attached hydrogens (primary N) is 1. The molecule has 1 atom stereocenters. The van der Waals surface area contributed by atoms with Crippen LogP contribution in [-0.4, -0.2) is 22.6 Å². The normalized spacial score (nSPS) is 18.1. The molecule has 7 nitrogen and oxygen atoms in total. The van der Waals surface area contributed by atoms with Crippen LogP contribution in [0.15, 0.2) is 90.3 Å². The third kappa shape index (κ3) is 2.98. The molecule has 0 radical (unpaired) electrons. The lowest BCUT2D eigenvalue weighted by molar-refractivity contribution is -0.120. The van der Waals surface area contributed by atoms with Crippen molar-refractivity contribution in [2.75, 3.05) is 11.4 Å². The second-order valence-corrected chi connectivity index (χ2v) is 9.06. The van der Waals surface area contributed by atoms with Crippen LogP contribution in [0, 0.1) is 18.3 Å². The minimum atomic E-state index is -1.47. The second kappa shape index (κ2) is 8.14. The van der Waals surface area contributed by atoms with Crippen molar-refractivity contribution >= 4 is 11.6 Å². The Morgan fingerprint density at radius 1 is 1.06 bits per heavy atom. The van der Waals surface area contributed by atoms with E-state index in [9.17, 15) is 10.1 Å². The first-order valence-corrected chi connectivity index (χ1v) is 11.7. The van der Waals surface area contributed by atoms with Crippen molar-refractivity contribution in [2.24, 2.45) is 5.73 Å². The zero-order valence-corrected chi connectivity index (χ0v) is 19.7. The summed E-state index contributed by atoms with van der Waals surface area (Å²) < 4.78 is 5.80. The van der Waals surface area contributed by atoms with Crippen molar-refractivity contribution in [2.45, 2.75) is 18.8 Å². The number of aromatic nitrogens is 2. The van der Waals surface area contributed by atoms with E-state index in [1.165, 1.54) is 0 Å². The van der Waals surface area contributed by atoms with Crippen molar-refractivity contribution in [3.8, 4) is 23.2 Å². The van der Waals surface area contributed by atoms with E-state index in [-0.39, 0.29) is 23.2 Å². The highest BCUT2D eigenvalue weighted by molar-refractivity contribution is 6.15. The number of carbonyl (C=O) groups is 1. The van der Waals surface area contributed by atoms with Gasteiger partial charge in [0.25, 0.3) is 0 Å². The minimum absolute atomic E-state index is 0.0735. The number of H-pyrrole nitrogens is 1. The molecule has 36 heavy (non-hydrogen) atoms. The number of ether oxygens (including phenoxy) is 1. The summed E-state index contributed by atoms with van der Waals surface area (Å²) in [7, 11) is 0. The van der Waals surface area contributed by atoms with Crippen LogP contribution in [0.25, 0.3) is 11.3 Å². The zero-order valence-electron chi connectivity index (χ0n) is 19.7. The third-order valence-corrected chi connectivity index (χ3v) is 7.02. The molecule has 6 rings (SSSR count).